The van der Waals surface area contributed by atoms with Crippen molar-refractivity contribution in [3.05, 3.63) is 34.5 Å². The molecule has 1 aliphatic carbocycles. The Hall–Kier alpha value is -2.32. The topological polar surface area (TPSA) is 73.3 Å². The van der Waals surface area contributed by atoms with E-state index in [4.69, 9.17) is 19.4 Å². The predicted molar refractivity (Wildman–Crippen MR) is 118 cm³/mol. The highest BCUT2D eigenvalue weighted by molar-refractivity contribution is 8.00. The lowest BCUT2D eigenvalue weighted by Gasteiger charge is -2.10. The molecule has 2 heterocycles. The molecule has 152 valence electrons. The third-order valence-electron chi connectivity index (χ3n) is 4.93. The van der Waals surface area contributed by atoms with Crippen LogP contribution in [0.1, 0.15) is 35.0 Å². The maximum Gasteiger partial charge on any atom is 0.234 e. The second kappa shape index (κ2) is 8.20. The lowest BCUT2D eigenvalue weighted by molar-refractivity contribution is -0.113. The van der Waals surface area contributed by atoms with Crippen LogP contribution in [0.4, 0.5) is 5.69 Å². The van der Waals surface area contributed by atoms with Gasteiger partial charge >= 0.3 is 0 Å². The third kappa shape index (κ3) is 4.33. The zero-order valence-electron chi connectivity index (χ0n) is 16.9. The highest BCUT2D eigenvalue weighted by Crippen LogP contribution is 2.42. The lowest BCUT2D eigenvalue weighted by Crippen LogP contribution is -2.14. The maximum absolute atomic E-state index is 12.6. The van der Waals surface area contributed by atoms with Gasteiger partial charge < -0.3 is 14.8 Å². The average Bonchev–Trinajstić information content (AvgIpc) is 3.52. The molecule has 2 aromatic heterocycles. The Labute approximate surface area is 178 Å². The molecule has 0 unspecified atom stereocenters. The summed E-state index contributed by atoms with van der Waals surface area (Å²) in [6.07, 6.45) is 2.30. The Morgan fingerprint density at radius 3 is 2.48 bits per heavy atom. The number of hydrogen-bond donors (Lipinski definition) is 1. The van der Waals surface area contributed by atoms with Crippen molar-refractivity contribution >= 4 is 44.9 Å². The van der Waals surface area contributed by atoms with Gasteiger partial charge in [0.1, 0.15) is 27.2 Å². The smallest absolute Gasteiger partial charge is 0.234 e. The molecule has 1 N–H and O–H groups in total. The largest absolute Gasteiger partial charge is 0.497 e. The number of anilines is 1. The summed E-state index contributed by atoms with van der Waals surface area (Å²) < 4.78 is 10.5. The van der Waals surface area contributed by atoms with Crippen molar-refractivity contribution in [1.29, 1.82) is 0 Å². The number of hydrogen-bond acceptors (Lipinski definition) is 7. The monoisotopic (exact) mass is 429 g/mol. The number of rotatable bonds is 7. The molecule has 0 aliphatic heterocycles. The molecule has 0 spiro atoms. The molecule has 1 fully saturated rings. The number of fused-ring (bicyclic) bond motifs is 1. The number of methoxy groups -OCH3 is 2. The number of aryl methyl sites for hydroxylation is 2. The Balaban J connectivity index is 1.53. The molecule has 3 aromatic rings. The number of aromatic nitrogens is 2. The van der Waals surface area contributed by atoms with Crippen molar-refractivity contribution in [1.82, 2.24) is 9.97 Å². The summed E-state index contributed by atoms with van der Waals surface area (Å²) >= 11 is 3.17. The molecule has 0 saturated heterocycles. The van der Waals surface area contributed by atoms with E-state index in [2.05, 4.69) is 19.2 Å². The van der Waals surface area contributed by atoms with Gasteiger partial charge in [-0.25, -0.2) is 9.97 Å². The van der Waals surface area contributed by atoms with Gasteiger partial charge in [-0.05, 0) is 32.3 Å². The van der Waals surface area contributed by atoms with Crippen LogP contribution in [0.5, 0.6) is 11.5 Å². The van der Waals surface area contributed by atoms with Gasteiger partial charge in [0.15, 0.2) is 0 Å². The van der Waals surface area contributed by atoms with Gasteiger partial charge in [-0.1, -0.05) is 11.8 Å². The summed E-state index contributed by atoms with van der Waals surface area (Å²) in [5, 5.41) is 4.90. The first kappa shape index (κ1) is 20.0. The minimum Gasteiger partial charge on any atom is -0.497 e. The standard InChI is InChI=1S/C21H23N3O3S2/c1-11-12(2)29-21-18(11)20(23-19(24-21)13-5-6-13)28-10-17(25)22-14-7-15(26-3)9-16(8-14)27-4/h7-9,13H,5-6,10H2,1-4H3,(H,22,25). The second-order valence-corrected chi connectivity index (χ2v) is 9.23. The fourth-order valence-corrected chi connectivity index (χ4v) is 5.06. The number of thioether (sulfide) groups is 1. The fraction of sp³-hybridized carbons (Fsp3) is 0.381. The van der Waals surface area contributed by atoms with Crippen molar-refractivity contribution in [2.24, 2.45) is 0 Å². The first-order chi connectivity index (χ1) is 14.0. The van der Waals surface area contributed by atoms with Gasteiger partial charge in [0.05, 0.1) is 20.0 Å². The molecule has 0 radical (unpaired) electrons. The quantitative estimate of drug-likeness (QED) is 0.424. The first-order valence-electron chi connectivity index (χ1n) is 9.42. The van der Waals surface area contributed by atoms with Gasteiger partial charge in [0, 0.05) is 40.1 Å². The van der Waals surface area contributed by atoms with Gasteiger partial charge in [-0.3, -0.25) is 4.79 Å². The molecule has 4 rings (SSSR count). The zero-order chi connectivity index (χ0) is 20.5. The summed E-state index contributed by atoms with van der Waals surface area (Å²) in [5.74, 6) is 2.81. The first-order valence-corrected chi connectivity index (χ1v) is 11.2. The van der Waals surface area contributed by atoms with E-state index in [-0.39, 0.29) is 11.7 Å². The Morgan fingerprint density at radius 2 is 1.86 bits per heavy atom. The summed E-state index contributed by atoms with van der Waals surface area (Å²) in [5.41, 5.74) is 1.84. The number of carbonyl (C=O) groups is 1. The van der Waals surface area contributed by atoms with E-state index in [0.717, 1.165) is 33.9 Å². The Morgan fingerprint density at radius 1 is 1.17 bits per heavy atom. The molecule has 1 saturated carbocycles. The normalized spacial score (nSPS) is 13.5. The van der Waals surface area contributed by atoms with Crippen LogP contribution in [0.15, 0.2) is 23.2 Å². The van der Waals surface area contributed by atoms with Crippen LogP contribution in [-0.2, 0) is 4.79 Å². The number of benzene rings is 1. The average molecular weight is 430 g/mol. The van der Waals surface area contributed by atoms with Crippen LogP contribution in [-0.4, -0.2) is 35.8 Å². The van der Waals surface area contributed by atoms with E-state index in [1.54, 1.807) is 43.8 Å². The molecule has 1 aromatic carbocycles. The van der Waals surface area contributed by atoms with Crippen molar-refractivity contribution in [2.75, 3.05) is 25.3 Å². The van der Waals surface area contributed by atoms with Crippen LogP contribution in [0.25, 0.3) is 10.2 Å². The van der Waals surface area contributed by atoms with Gasteiger partial charge in [-0.2, -0.15) is 0 Å². The number of nitrogens with one attached hydrogen (secondary N) is 1. The fourth-order valence-electron chi connectivity index (χ4n) is 3.07. The molecule has 29 heavy (non-hydrogen) atoms. The van der Waals surface area contributed by atoms with E-state index in [9.17, 15) is 4.79 Å². The number of carbonyl (C=O) groups excluding carboxylic acids is 1. The third-order valence-corrected chi connectivity index (χ3v) is 7.01. The number of thiophene rings is 1. The molecule has 1 amide bonds. The number of amides is 1. The van der Waals surface area contributed by atoms with Crippen LogP contribution in [0.3, 0.4) is 0 Å². The summed E-state index contributed by atoms with van der Waals surface area (Å²) in [6.45, 7) is 4.21. The summed E-state index contributed by atoms with van der Waals surface area (Å²) in [6, 6.07) is 5.31. The minimum absolute atomic E-state index is 0.102. The summed E-state index contributed by atoms with van der Waals surface area (Å²) in [4.78, 5) is 24.4. The molecule has 8 heteroatoms. The molecular formula is C21H23N3O3S2. The molecule has 1 aliphatic rings. The molecular weight excluding hydrogens is 406 g/mol. The van der Waals surface area contributed by atoms with Crippen LogP contribution >= 0.6 is 23.1 Å². The van der Waals surface area contributed by atoms with Gasteiger partial charge in [-0.15, -0.1) is 11.3 Å². The minimum atomic E-state index is -0.102. The second-order valence-electron chi connectivity index (χ2n) is 7.06. The van der Waals surface area contributed by atoms with Crippen LogP contribution in [0.2, 0.25) is 0 Å². The van der Waals surface area contributed by atoms with Crippen molar-refractivity contribution in [3.63, 3.8) is 0 Å². The SMILES string of the molecule is COc1cc(NC(=O)CSc2nc(C3CC3)nc3sc(C)c(C)c23)cc(OC)c1. The predicted octanol–water partition coefficient (Wildman–Crippen LogP) is 4.93. The van der Waals surface area contributed by atoms with Crippen molar-refractivity contribution in [3.8, 4) is 11.5 Å². The van der Waals surface area contributed by atoms with E-state index in [1.807, 2.05) is 0 Å². The number of nitrogens with zero attached hydrogens (tertiary/aromatic N) is 2. The van der Waals surface area contributed by atoms with Crippen LogP contribution < -0.4 is 14.8 Å². The van der Waals surface area contributed by atoms with Crippen LogP contribution in [0, 0.1) is 13.8 Å². The van der Waals surface area contributed by atoms with Crippen molar-refractivity contribution < 1.29 is 14.3 Å². The van der Waals surface area contributed by atoms with E-state index >= 15 is 0 Å². The van der Waals surface area contributed by atoms with Gasteiger partial charge in [0.2, 0.25) is 5.91 Å². The Bertz CT molecular complexity index is 1050. The maximum atomic E-state index is 12.6. The van der Waals surface area contributed by atoms with Crippen molar-refractivity contribution in [2.45, 2.75) is 37.6 Å². The van der Waals surface area contributed by atoms with E-state index < -0.39 is 0 Å². The highest BCUT2D eigenvalue weighted by Gasteiger charge is 2.28. The molecule has 0 atom stereocenters. The summed E-state index contributed by atoms with van der Waals surface area (Å²) in [7, 11) is 3.17. The Kier molecular flexibility index (Phi) is 5.65. The zero-order valence-corrected chi connectivity index (χ0v) is 18.5. The van der Waals surface area contributed by atoms with Gasteiger partial charge in [0.25, 0.3) is 0 Å². The number of ether oxygens (including phenoxy) is 2. The lowest BCUT2D eigenvalue weighted by atomic mass is 10.2. The molecule has 6 nitrogen and oxygen atoms in total. The van der Waals surface area contributed by atoms with E-state index in [1.165, 1.54) is 22.2 Å². The highest BCUT2D eigenvalue weighted by atomic mass is 32.2. The van der Waals surface area contributed by atoms with E-state index in [0.29, 0.717) is 23.1 Å². The molecule has 0 bridgehead atoms.